The van der Waals surface area contributed by atoms with Crippen LogP contribution in [0.4, 0.5) is 0 Å². The second-order valence-electron chi connectivity index (χ2n) is 7.34. The summed E-state index contributed by atoms with van der Waals surface area (Å²) in [4.78, 5) is 5.02. The Hall–Kier alpha value is -0.160. The molecule has 120 valence electrons. The van der Waals surface area contributed by atoms with Crippen molar-refractivity contribution in [2.75, 3.05) is 52.4 Å². The largest absolute Gasteiger partial charge is 0.374 e. The molecule has 4 heteroatoms. The van der Waals surface area contributed by atoms with Crippen LogP contribution in [-0.2, 0) is 4.74 Å². The molecule has 1 fully saturated rings. The quantitative estimate of drug-likeness (QED) is 0.736. The Morgan fingerprint density at radius 3 is 2.65 bits per heavy atom. The molecule has 1 saturated heterocycles. The van der Waals surface area contributed by atoms with Gasteiger partial charge in [-0.2, -0.15) is 0 Å². The van der Waals surface area contributed by atoms with Gasteiger partial charge in [0, 0.05) is 32.7 Å². The topological polar surface area (TPSA) is 41.7 Å². The van der Waals surface area contributed by atoms with E-state index in [-0.39, 0.29) is 5.41 Å². The van der Waals surface area contributed by atoms with Crippen LogP contribution >= 0.6 is 0 Å². The molecule has 0 aliphatic carbocycles. The minimum Gasteiger partial charge on any atom is -0.374 e. The number of hydrogen-bond acceptors (Lipinski definition) is 4. The molecular weight excluding hydrogens is 250 g/mol. The number of ether oxygens (including phenoxy) is 1. The summed E-state index contributed by atoms with van der Waals surface area (Å²) in [5, 5.41) is 0. The van der Waals surface area contributed by atoms with Crippen molar-refractivity contribution >= 4 is 0 Å². The lowest BCUT2D eigenvalue weighted by Gasteiger charge is -2.38. The average Bonchev–Trinajstić information content (AvgIpc) is 2.37. The Morgan fingerprint density at radius 2 is 2.10 bits per heavy atom. The highest BCUT2D eigenvalue weighted by molar-refractivity contribution is 4.79. The van der Waals surface area contributed by atoms with Crippen molar-refractivity contribution in [2.24, 2.45) is 17.1 Å². The van der Waals surface area contributed by atoms with Crippen LogP contribution in [0.15, 0.2) is 0 Å². The van der Waals surface area contributed by atoms with Crippen LogP contribution in [-0.4, -0.2) is 68.3 Å². The van der Waals surface area contributed by atoms with Gasteiger partial charge in [-0.05, 0) is 24.4 Å². The van der Waals surface area contributed by atoms with Crippen LogP contribution in [0.5, 0.6) is 0 Å². The van der Waals surface area contributed by atoms with Crippen molar-refractivity contribution in [2.45, 2.75) is 40.7 Å². The summed E-state index contributed by atoms with van der Waals surface area (Å²) in [5.74, 6) is 0.729. The lowest BCUT2D eigenvalue weighted by atomic mass is 9.93. The van der Waals surface area contributed by atoms with Crippen molar-refractivity contribution in [3.63, 3.8) is 0 Å². The molecule has 0 amide bonds. The average molecular weight is 285 g/mol. The maximum absolute atomic E-state index is 5.96. The van der Waals surface area contributed by atoms with E-state index in [0.29, 0.717) is 6.10 Å². The predicted octanol–water partition coefficient (Wildman–Crippen LogP) is 1.65. The van der Waals surface area contributed by atoms with Crippen molar-refractivity contribution in [1.29, 1.82) is 0 Å². The van der Waals surface area contributed by atoms with Gasteiger partial charge in [0.1, 0.15) is 0 Å². The van der Waals surface area contributed by atoms with Crippen molar-refractivity contribution < 1.29 is 4.74 Å². The summed E-state index contributed by atoms with van der Waals surface area (Å²) in [6.07, 6.45) is 0.344. The van der Waals surface area contributed by atoms with Gasteiger partial charge in [0.25, 0.3) is 0 Å². The van der Waals surface area contributed by atoms with Crippen molar-refractivity contribution in [1.82, 2.24) is 9.80 Å². The third-order valence-corrected chi connectivity index (χ3v) is 3.96. The molecule has 0 saturated carbocycles. The molecule has 1 heterocycles. The van der Waals surface area contributed by atoms with Gasteiger partial charge in [-0.1, -0.05) is 34.6 Å². The maximum Gasteiger partial charge on any atom is 0.0829 e. The van der Waals surface area contributed by atoms with Gasteiger partial charge in [0.15, 0.2) is 0 Å². The minimum absolute atomic E-state index is 0.183. The van der Waals surface area contributed by atoms with Crippen molar-refractivity contribution in [3.8, 4) is 0 Å². The zero-order valence-electron chi connectivity index (χ0n) is 14.2. The zero-order valence-corrected chi connectivity index (χ0v) is 14.2. The van der Waals surface area contributed by atoms with Gasteiger partial charge in [-0.25, -0.2) is 0 Å². The van der Waals surface area contributed by atoms with Gasteiger partial charge in [0.05, 0.1) is 12.7 Å². The van der Waals surface area contributed by atoms with Crippen LogP contribution in [0, 0.1) is 11.3 Å². The van der Waals surface area contributed by atoms with E-state index in [2.05, 4.69) is 44.4 Å². The Bertz CT molecular complexity index is 268. The Balaban J connectivity index is 2.44. The van der Waals surface area contributed by atoms with Gasteiger partial charge in [0.2, 0.25) is 0 Å². The number of morpholine rings is 1. The second kappa shape index (κ2) is 8.32. The summed E-state index contributed by atoms with van der Waals surface area (Å²) in [5.41, 5.74) is 6.04. The molecule has 1 aliphatic heterocycles. The number of hydrogen-bond donors (Lipinski definition) is 1. The lowest BCUT2D eigenvalue weighted by molar-refractivity contribution is -0.0485. The van der Waals surface area contributed by atoms with Crippen LogP contribution < -0.4 is 5.73 Å². The summed E-state index contributed by atoms with van der Waals surface area (Å²) in [7, 11) is 0. The molecule has 1 unspecified atom stereocenters. The molecule has 1 aliphatic rings. The number of nitrogens with zero attached hydrogens (tertiary/aromatic N) is 2. The highest BCUT2D eigenvalue weighted by atomic mass is 16.5. The van der Waals surface area contributed by atoms with E-state index in [0.717, 1.165) is 51.8 Å². The minimum atomic E-state index is 0.183. The Morgan fingerprint density at radius 1 is 1.40 bits per heavy atom. The lowest BCUT2D eigenvalue weighted by Crippen LogP contribution is -2.50. The van der Waals surface area contributed by atoms with Crippen molar-refractivity contribution in [3.05, 3.63) is 0 Å². The van der Waals surface area contributed by atoms with Gasteiger partial charge < -0.3 is 15.4 Å². The Labute approximate surface area is 125 Å². The van der Waals surface area contributed by atoms with E-state index < -0.39 is 0 Å². The molecule has 0 aromatic heterocycles. The zero-order chi connectivity index (χ0) is 15.2. The van der Waals surface area contributed by atoms with E-state index in [9.17, 15) is 0 Å². The number of rotatable bonds is 8. The number of nitrogens with two attached hydrogens (primary N) is 1. The van der Waals surface area contributed by atoms with Gasteiger partial charge >= 0.3 is 0 Å². The van der Waals surface area contributed by atoms with E-state index in [1.165, 1.54) is 6.54 Å². The third-order valence-electron chi connectivity index (χ3n) is 3.96. The predicted molar refractivity (Wildman–Crippen MR) is 86.0 cm³/mol. The standard InChI is InChI=1S/C16H35N3O/c1-6-18(13-16(4,5)12-17)10-15-11-19(7-8-20-15)9-14(2)3/h14-15H,6-13,17H2,1-5H3. The van der Waals surface area contributed by atoms with E-state index >= 15 is 0 Å². The van der Waals surface area contributed by atoms with Crippen LogP contribution in [0.3, 0.4) is 0 Å². The molecule has 20 heavy (non-hydrogen) atoms. The smallest absolute Gasteiger partial charge is 0.0829 e. The monoisotopic (exact) mass is 285 g/mol. The fourth-order valence-corrected chi connectivity index (χ4v) is 2.84. The highest BCUT2D eigenvalue weighted by Gasteiger charge is 2.25. The van der Waals surface area contributed by atoms with Gasteiger partial charge in [-0.15, -0.1) is 0 Å². The molecule has 2 N–H and O–H groups in total. The molecular formula is C16H35N3O. The maximum atomic E-state index is 5.96. The molecule has 1 atom stereocenters. The normalized spacial score (nSPS) is 21.9. The third kappa shape index (κ3) is 6.53. The summed E-state index contributed by atoms with van der Waals surface area (Å²) >= 11 is 0. The molecule has 0 aromatic carbocycles. The molecule has 1 rings (SSSR count). The molecule has 0 aromatic rings. The molecule has 0 radical (unpaired) electrons. The van der Waals surface area contributed by atoms with Crippen LogP contribution in [0.25, 0.3) is 0 Å². The highest BCUT2D eigenvalue weighted by Crippen LogP contribution is 2.16. The second-order valence-corrected chi connectivity index (χ2v) is 7.34. The molecule has 0 spiro atoms. The number of likely N-dealkylation sites (N-methyl/N-ethyl adjacent to an activating group) is 1. The van der Waals surface area contributed by atoms with Crippen LogP contribution in [0.1, 0.15) is 34.6 Å². The van der Waals surface area contributed by atoms with Crippen LogP contribution in [0.2, 0.25) is 0 Å². The molecule has 4 nitrogen and oxygen atoms in total. The first-order valence-electron chi connectivity index (χ1n) is 8.12. The van der Waals surface area contributed by atoms with Gasteiger partial charge in [-0.3, -0.25) is 4.90 Å². The first kappa shape index (κ1) is 17.9. The first-order valence-corrected chi connectivity index (χ1v) is 8.12. The summed E-state index contributed by atoms with van der Waals surface area (Å²) < 4.78 is 5.96. The summed E-state index contributed by atoms with van der Waals surface area (Å²) in [6.45, 7) is 19.3. The summed E-state index contributed by atoms with van der Waals surface area (Å²) in [6, 6.07) is 0. The van der Waals surface area contributed by atoms with E-state index in [1.54, 1.807) is 0 Å². The van der Waals surface area contributed by atoms with E-state index in [1.807, 2.05) is 0 Å². The Kier molecular flexibility index (Phi) is 7.45. The fraction of sp³-hybridized carbons (Fsp3) is 1.00. The van der Waals surface area contributed by atoms with E-state index in [4.69, 9.17) is 10.5 Å². The molecule has 0 bridgehead atoms. The fourth-order valence-electron chi connectivity index (χ4n) is 2.84. The SMILES string of the molecule is CCN(CC1CN(CC(C)C)CCO1)CC(C)(C)CN. The first-order chi connectivity index (χ1) is 9.36.